The molecule has 1 aromatic heterocycles. The van der Waals surface area contributed by atoms with E-state index in [9.17, 15) is 4.79 Å². The molecule has 0 fully saturated rings. The lowest BCUT2D eigenvalue weighted by molar-refractivity contribution is 0.0601. The molecule has 0 radical (unpaired) electrons. The fourth-order valence-electron chi connectivity index (χ4n) is 1.28. The third-order valence-corrected chi connectivity index (χ3v) is 2.48. The molecule has 0 aliphatic carbocycles. The van der Waals surface area contributed by atoms with Crippen LogP contribution in [0.2, 0.25) is 0 Å². The van der Waals surface area contributed by atoms with E-state index in [1.54, 1.807) is 30.5 Å². The predicted molar refractivity (Wildman–Crippen MR) is 68.2 cm³/mol. The molecule has 0 bridgehead atoms. The number of H-pyrrole nitrogens is 1. The summed E-state index contributed by atoms with van der Waals surface area (Å²) in [7, 11) is 1.35. The first-order valence-corrected chi connectivity index (χ1v) is 5.46. The normalized spacial score (nSPS) is 10.7. The minimum atomic E-state index is -0.365. The third-order valence-electron chi connectivity index (χ3n) is 2.20. The number of nitrogens with zero attached hydrogens (tertiary/aromatic N) is 3. The lowest BCUT2D eigenvalue weighted by Crippen LogP contribution is -2.00. The Bertz CT molecular complexity index is 627. The molecule has 2 rings (SSSR count). The van der Waals surface area contributed by atoms with E-state index in [4.69, 9.17) is 12.2 Å². The molecule has 1 N–H and O–H groups in total. The highest BCUT2D eigenvalue weighted by molar-refractivity contribution is 7.71. The molecule has 0 saturated heterocycles. The van der Waals surface area contributed by atoms with E-state index in [0.29, 0.717) is 10.3 Å². The van der Waals surface area contributed by atoms with Crippen LogP contribution in [0.1, 0.15) is 15.9 Å². The van der Waals surface area contributed by atoms with E-state index < -0.39 is 0 Å². The topological polar surface area (TPSA) is 72.3 Å². The van der Waals surface area contributed by atoms with Gasteiger partial charge in [0.2, 0.25) is 4.77 Å². The van der Waals surface area contributed by atoms with Crippen molar-refractivity contribution in [2.24, 2.45) is 5.10 Å². The molecule has 0 atom stereocenters. The van der Waals surface area contributed by atoms with Gasteiger partial charge in [0.15, 0.2) is 0 Å². The van der Waals surface area contributed by atoms with Gasteiger partial charge in [0.1, 0.15) is 6.33 Å². The molecule has 0 spiro atoms. The maximum atomic E-state index is 11.2. The van der Waals surface area contributed by atoms with Crippen molar-refractivity contribution in [1.82, 2.24) is 14.9 Å². The predicted octanol–water partition coefficient (Wildman–Crippen LogP) is 1.61. The van der Waals surface area contributed by atoms with E-state index in [0.717, 1.165) is 5.56 Å². The fraction of sp³-hybridized carbons (Fsp3) is 0.0909. The number of benzene rings is 1. The second-order valence-electron chi connectivity index (χ2n) is 3.36. The standard InChI is InChI=1S/C11H10N4O2S/c1-17-10(16)9-4-2-8(3-5-9)6-13-15-7-12-14-11(15)18/h2-7H,1H3,(H,14,18)/b13-6+. The summed E-state index contributed by atoms with van der Waals surface area (Å²) in [5.41, 5.74) is 1.33. The van der Waals surface area contributed by atoms with Crippen LogP contribution in [0.3, 0.4) is 0 Å². The first-order valence-electron chi connectivity index (χ1n) is 5.05. The Balaban J connectivity index is 2.16. The van der Waals surface area contributed by atoms with E-state index in [1.807, 2.05) is 0 Å². The number of aromatic nitrogens is 3. The largest absolute Gasteiger partial charge is 0.465 e. The third kappa shape index (κ3) is 2.69. The first-order chi connectivity index (χ1) is 8.70. The fourth-order valence-corrected chi connectivity index (χ4v) is 1.42. The SMILES string of the molecule is COC(=O)c1ccc(/C=N/n2cn[nH]c2=S)cc1. The number of methoxy groups -OCH3 is 1. The van der Waals surface area contributed by atoms with Crippen molar-refractivity contribution < 1.29 is 9.53 Å². The van der Waals surface area contributed by atoms with Gasteiger partial charge in [-0.3, -0.25) is 5.10 Å². The zero-order valence-corrected chi connectivity index (χ0v) is 10.3. The summed E-state index contributed by atoms with van der Waals surface area (Å²) in [5, 5.41) is 10.4. The number of hydrogen-bond donors (Lipinski definition) is 1. The van der Waals surface area contributed by atoms with Gasteiger partial charge in [0, 0.05) is 0 Å². The average molecular weight is 262 g/mol. The smallest absolute Gasteiger partial charge is 0.337 e. The highest BCUT2D eigenvalue weighted by atomic mass is 32.1. The van der Waals surface area contributed by atoms with Crippen molar-refractivity contribution in [1.29, 1.82) is 0 Å². The number of esters is 1. The van der Waals surface area contributed by atoms with Crippen LogP contribution >= 0.6 is 12.2 Å². The van der Waals surface area contributed by atoms with Gasteiger partial charge in [0.05, 0.1) is 18.9 Å². The summed E-state index contributed by atoms with van der Waals surface area (Å²) in [4.78, 5) is 11.2. The Morgan fingerprint density at radius 3 is 2.78 bits per heavy atom. The highest BCUT2D eigenvalue weighted by Gasteiger charge is 2.03. The minimum Gasteiger partial charge on any atom is -0.465 e. The van der Waals surface area contributed by atoms with Crippen LogP contribution in [0.15, 0.2) is 35.7 Å². The molecular weight excluding hydrogens is 252 g/mol. The Hall–Kier alpha value is -2.28. The van der Waals surface area contributed by atoms with Gasteiger partial charge >= 0.3 is 5.97 Å². The Morgan fingerprint density at radius 2 is 2.22 bits per heavy atom. The summed E-state index contributed by atoms with van der Waals surface area (Å²) >= 11 is 4.94. The highest BCUT2D eigenvalue weighted by Crippen LogP contribution is 2.04. The second-order valence-corrected chi connectivity index (χ2v) is 3.75. The van der Waals surface area contributed by atoms with Crippen molar-refractivity contribution in [3.05, 3.63) is 46.5 Å². The van der Waals surface area contributed by atoms with E-state index >= 15 is 0 Å². The van der Waals surface area contributed by atoms with Crippen molar-refractivity contribution in [3.63, 3.8) is 0 Å². The number of ether oxygens (including phenoxy) is 1. The Labute approximate surface area is 108 Å². The molecule has 0 saturated carbocycles. The lowest BCUT2D eigenvalue weighted by Gasteiger charge is -1.98. The monoisotopic (exact) mass is 262 g/mol. The van der Waals surface area contributed by atoms with Gasteiger partial charge in [-0.05, 0) is 29.9 Å². The zero-order valence-electron chi connectivity index (χ0n) is 9.53. The van der Waals surface area contributed by atoms with Crippen LogP contribution < -0.4 is 0 Å². The molecule has 0 amide bonds. The lowest BCUT2D eigenvalue weighted by atomic mass is 10.1. The van der Waals surface area contributed by atoms with Gasteiger partial charge < -0.3 is 4.74 Å². The summed E-state index contributed by atoms with van der Waals surface area (Å²) in [5.74, 6) is -0.365. The summed E-state index contributed by atoms with van der Waals surface area (Å²) in [6.45, 7) is 0. The summed E-state index contributed by atoms with van der Waals surface area (Å²) in [6.07, 6.45) is 3.09. The van der Waals surface area contributed by atoms with E-state index in [1.165, 1.54) is 18.1 Å². The molecule has 2 aromatic rings. The summed E-state index contributed by atoms with van der Waals surface area (Å²) in [6, 6.07) is 6.86. The van der Waals surface area contributed by atoms with Crippen molar-refractivity contribution in [2.75, 3.05) is 7.11 Å². The van der Waals surface area contributed by atoms with Gasteiger partial charge in [0.25, 0.3) is 0 Å². The van der Waals surface area contributed by atoms with Crippen molar-refractivity contribution in [3.8, 4) is 0 Å². The second kappa shape index (κ2) is 5.37. The maximum absolute atomic E-state index is 11.2. The molecular formula is C11H10N4O2S. The molecule has 0 aliphatic rings. The van der Waals surface area contributed by atoms with Crippen molar-refractivity contribution >= 4 is 24.4 Å². The van der Waals surface area contributed by atoms with Crippen LogP contribution in [0.25, 0.3) is 0 Å². The molecule has 7 heteroatoms. The van der Waals surface area contributed by atoms with Crippen LogP contribution in [0.4, 0.5) is 0 Å². The number of rotatable bonds is 3. The first kappa shape index (κ1) is 12.2. The molecule has 1 aromatic carbocycles. The van der Waals surface area contributed by atoms with E-state index in [-0.39, 0.29) is 5.97 Å². The van der Waals surface area contributed by atoms with Gasteiger partial charge in [-0.15, -0.1) is 0 Å². The van der Waals surface area contributed by atoms with Crippen LogP contribution in [-0.2, 0) is 4.74 Å². The molecule has 18 heavy (non-hydrogen) atoms. The van der Waals surface area contributed by atoms with Crippen LogP contribution in [0.5, 0.6) is 0 Å². The molecule has 6 nitrogen and oxygen atoms in total. The van der Waals surface area contributed by atoms with E-state index in [2.05, 4.69) is 20.0 Å². The molecule has 0 aliphatic heterocycles. The number of carbonyl (C=O) groups is 1. The zero-order chi connectivity index (χ0) is 13.0. The Morgan fingerprint density at radius 1 is 1.50 bits per heavy atom. The quantitative estimate of drug-likeness (QED) is 0.518. The average Bonchev–Trinajstić information content (AvgIpc) is 2.81. The van der Waals surface area contributed by atoms with Crippen LogP contribution in [-0.4, -0.2) is 34.2 Å². The molecule has 92 valence electrons. The molecule has 1 heterocycles. The number of hydrogen-bond acceptors (Lipinski definition) is 5. The Kier molecular flexibility index (Phi) is 3.63. The van der Waals surface area contributed by atoms with Gasteiger partial charge in [-0.2, -0.15) is 14.9 Å². The van der Waals surface area contributed by atoms with Gasteiger partial charge in [-0.25, -0.2) is 4.79 Å². The number of nitrogens with one attached hydrogen (secondary N) is 1. The van der Waals surface area contributed by atoms with Crippen molar-refractivity contribution in [2.45, 2.75) is 0 Å². The minimum absolute atomic E-state index is 0.365. The summed E-state index contributed by atoms with van der Waals surface area (Å²) < 4.78 is 6.46. The van der Waals surface area contributed by atoms with Crippen LogP contribution in [0, 0.1) is 4.77 Å². The maximum Gasteiger partial charge on any atom is 0.337 e. The van der Waals surface area contributed by atoms with Gasteiger partial charge in [-0.1, -0.05) is 12.1 Å². The number of carbonyl (C=O) groups excluding carboxylic acids is 1. The molecule has 0 unspecified atom stereocenters. The number of aromatic amines is 1.